The van der Waals surface area contributed by atoms with E-state index in [1.54, 1.807) is 24.0 Å². The van der Waals surface area contributed by atoms with Crippen LogP contribution in [0.15, 0.2) is 48.5 Å². The van der Waals surface area contributed by atoms with Crippen LogP contribution in [0, 0.1) is 12.8 Å². The van der Waals surface area contributed by atoms with Gasteiger partial charge in [0, 0.05) is 24.3 Å². The van der Waals surface area contributed by atoms with Crippen molar-refractivity contribution < 1.29 is 28.7 Å². The van der Waals surface area contributed by atoms with Crippen molar-refractivity contribution in [1.82, 2.24) is 0 Å². The normalized spacial score (nSPS) is 15.5. The number of carbonyl (C=O) groups excluding carboxylic acids is 4. The number of hydrogen-bond acceptors (Lipinski definition) is 6. The fourth-order valence-corrected chi connectivity index (χ4v) is 3.27. The average molecular weight is 424 g/mol. The number of ether oxygens (including phenoxy) is 2. The maximum atomic E-state index is 12.3. The summed E-state index contributed by atoms with van der Waals surface area (Å²) in [6.45, 7) is 3.68. The number of amides is 2. The number of nitrogens with one attached hydrogen (secondary N) is 1. The van der Waals surface area contributed by atoms with E-state index >= 15 is 0 Å². The number of hydrogen-bond donors (Lipinski definition) is 1. The Morgan fingerprint density at radius 2 is 1.84 bits per heavy atom. The molecule has 1 aliphatic rings. The van der Waals surface area contributed by atoms with Crippen molar-refractivity contribution in [1.29, 1.82) is 0 Å². The van der Waals surface area contributed by atoms with Crippen LogP contribution in [0.25, 0.3) is 0 Å². The second kappa shape index (κ2) is 9.88. The standard InChI is InChI=1S/C23H24N2O6/c1-3-30-22(28)16-7-9-18(10-8-16)24-20(26)14-31-23(29)17-12-21(27)25(13-17)19-6-4-5-15(2)11-19/h4-11,17H,3,12-14H2,1-2H3,(H,24,26)/t17-/m1/s1. The van der Waals surface area contributed by atoms with Crippen LogP contribution in [-0.2, 0) is 23.9 Å². The Bertz CT molecular complexity index is 986. The minimum atomic E-state index is -0.621. The van der Waals surface area contributed by atoms with Gasteiger partial charge in [0.05, 0.1) is 18.1 Å². The molecular formula is C23H24N2O6. The summed E-state index contributed by atoms with van der Waals surface area (Å²) in [6.07, 6.45) is 0.0454. The molecule has 1 fully saturated rings. The zero-order valence-corrected chi connectivity index (χ0v) is 17.4. The van der Waals surface area contributed by atoms with Gasteiger partial charge in [-0.15, -0.1) is 0 Å². The second-order valence-electron chi connectivity index (χ2n) is 7.20. The van der Waals surface area contributed by atoms with E-state index in [9.17, 15) is 19.2 Å². The zero-order chi connectivity index (χ0) is 22.4. The van der Waals surface area contributed by atoms with Gasteiger partial charge in [0.2, 0.25) is 5.91 Å². The van der Waals surface area contributed by atoms with Crippen molar-refractivity contribution in [2.45, 2.75) is 20.3 Å². The summed E-state index contributed by atoms with van der Waals surface area (Å²) in [4.78, 5) is 49.9. The Hall–Kier alpha value is -3.68. The van der Waals surface area contributed by atoms with Gasteiger partial charge in [-0.25, -0.2) is 4.79 Å². The first-order valence-corrected chi connectivity index (χ1v) is 9.98. The van der Waals surface area contributed by atoms with Gasteiger partial charge < -0.3 is 19.7 Å². The quantitative estimate of drug-likeness (QED) is 0.686. The number of rotatable bonds is 7. The summed E-state index contributed by atoms with van der Waals surface area (Å²) in [5.41, 5.74) is 2.58. The lowest BCUT2D eigenvalue weighted by Gasteiger charge is -2.17. The van der Waals surface area contributed by atoms with Crippen LogP contribution >= 0.6 is 0 Å². The monoisotopic (exact) mass is 424 g/mol. The molecule has 2 aromatic rings. The predicted octanol–water partition coefficient (Wildman–Crippen LogP) is 2.71. The lowest BCUT2D eigenvalue weighted by atomic mass is 10.1. The number of benzene rings is 2. The predicted molar refractivity (Wildman–Crippen MR) is 114 cm³/mol. The first kappa shape index (κ1) is 22.0. The van der Waals surface area contributed by atoms with Gasteiger partial charge in [0.15, 0.2) is 6.61 Å². The van der Waals surface area contributed by atoms with Crippen LogP contribution < -0.4 is 10.2 Å². The molecule has 0 spiro atoms. The van der Waals surface area contributed by atoms with Gasteiger partial charge in [-0.3, -0.25) is 14.4 Å². The second-order valence-corrected chi connectivity index (χ2v) is 7.20. The maximum absolute atomic E-state index is 12.3. The fourth-order valence-electron chi connectivity index (χ4n) is 3.27. The third kappa shape index (κ3) is 5.69. The van der Waals surface area contributed by atoms with Gasteiger partial charge in [-0.2, -0.15) is 0 Å². The van der Waals surface area contributed by atoms with Crippen molar-refractivity contribution in [3.63, 3.8) is 0 Å². The Kier molecular flexibility index (Phi) is 7.02. The van der Waals surface area contributed by atoms with Gasteiger partial charge in [0.1, 0.15) is 0 Å². The molecule has 2 amide bonds. The van der Waals surface area contributed by atoms with Crippen molar-refractivity contribution in [3.05, 3.63) is 59.7 Å². The van der Waals surface area contributed by atoms with Crippen LogP contribution in [0.4, 0.5) is 11.4 Å². The molecule has 1 aliphatic heterocycles. The minimum absolute atomic E-state index is 0.0454. The average Bonchev–Trinajstić information content (AvgIpc) is 3.14. The van der Waals surface area contributed by atoms with Gasteiger partial charge in [0.25, 0.3) is 5.91 Å². The molecule has 8 heteroatoms. The van der Waals surface area contributed by atoms with E-state index in [1.807, 2.05) is 31.2 Å². The first-order valence-electron chi connectivity index (χ1n) is 9.98. The molecule has 1 heterocycles. The van der Waals surface area contributed by atoms with E-state index in [1.165, 1.54) is 12.1 Å². The van der Waals surface area contributed by atoms with E-state index in [4.69, 9.17) is 9.47 Å². The van der Waals surface area contributed by atoms with Crippen LogP contribution in [0.2, 0.25) is 0 Å². The summed E-state index contributed by atoms with van der Waals surface area (Å²) >= 11 is 0. The summed E-state index contributed by atoms with van der Waals surface area (Å²) in [5.74, 6) is -2.32. The van der Waals surface area contributed by atoms with Gasteiger partial charge in [-0.1, -0.05) is 12.1 Å². The van der Waals surface area contributed by atoms with Crippen molar-refractivity contribution in [3.8, 4) is 0 Å². The molecule has 0 radical (unpaired) electrons. The Morgan fingerprint density at radius 3 is 2.52 bits per heavy atom. The molecule has 8 nitrogen and oxygen atoms in total. The van der Waals surface area contributed by atoms with Crippen molar-refractivity contribution >= 4 is 35.1 Å². The molecule has 0 aliphatic carbocycles. The highest BCUT2D eigenvalue weighted by molar-refractivity contribution is 6.00. The first-order chi connectivity index (χ1) is 14.9. The molecule has 0 saturated carbocycles. The highest BCUT2D eigenvalue weighted by Gasteiger charge is 2.36. The minimum Gasteiger partial charge on any atom is -0.462 e. The highest BCUT2D eigenvalue weighted by atomic mass is 16.5. The number of aryl methyl sites for hydroxylation is 1. The zero-order valence-electron chi connectivity index (χ0n) is 17.4. The smallest absolute Gasteiger partial charge is 0.338 e. The highest BCUT2D eigenvalue weighted by Crippen LogP contribution is 2.26. The van der Waals surface area contributed by atoms with E-state index in [-0.39, 0.29) is 25.5 Å². The number of esters is 2. The third-order valence-corrected chi connectivity index (χ3v) is 4.80. The Labute approximate surface area is 180 Å². The fraction of sp³-hybridized carbons (Fsp3) is 0.304. The molecule has 1 atom stereocenters. The number of anilines is 2. The van der Waals surface area contributed by atoms with Crippen LogP contribution in [0.3, 0.4) is 0 Å². The molecule has 162 valence electrons. The lowest BCUT2D eigenvalue weighted by Crippen LogP contribution is -2.28. The van der Waals surface area contributed by atoms with E-state index in [0.29, 0.717) is 11.3 Å². The van der Waals surface area contributed by atoms with Crippen molar-refractivity contribution in [2.75, 3.05) is 30.0 Å². The van der Waals surface area contributed by atoms with Crippen LogP contribution in [-0.4, -0.2) is 43.5 Å². The molecule has 0 unspecified atom stereocenters. The van der Waals surface area contributed by atoms with Crippen LogP contribution in [0.1, 0.15) is 29.3 Å². The number of carbonyl (C=O) groups is 4. The van der Waals surface area contributed by atoms with E-state index < -0.39 is 30.4 Å². The summed E-state index contributed by atoms with van der Waals surface area (Å²) in [6, 6.07) is 13.7. The molecular weight excluding hydrogens is 400 g/mol. The lowest BCUT2D eigenvalue weighted by molar-refractivity contribution is -0.151. The SMILES string of the molecule is CCOC(=O)c1ccc(NC(=O)COC(=O)[C@@H]2CC(=O)N(c3cccc(C)c3)C2)cc1. The largest absolute Gasteiger partial charge is 0.462 e. The molecule has 1 saturated heterocycles. The van der Waals surface area contributed by atoms with E-state index in [2.05, 4.69) is 5.32 Å². The molecule has 3 rings (SSSR count). The third-order valence-electron chi connectivity index (χ3n) is 4.80. The molecule has 31 heavy (non-hydrogen) atoms. The topological polar surface area (TPSA) is 102 Å². The molecule has 2 aromatic carbocycles. The maximum Gasteiger partial charge on any atom is 0.338 e. The molecule has 1 N–H and O–H groups in total. The van der Waals surface area contributed by atoms with E-state index in [0.717, 1.165) is 11.3 Å². The van der Waals surface area contributed by atoms with Crippen molar-refractivity contribution in [2.24, 2.45) is 5.92 Å². The van der Waals surface area contributed by atoms with Gasteiger partial charge in [-0.05, 0) is 55.8 Å². The summed E-state index contributed by atoms with van der Waals surface area (Å²) < 4.78 is 10.0. The Balaban J connectivity index is 1.48. The van der Waals surface area contributed by atoms with Crippen LogP contribution in [0.5, 0.6) is 0 Å². The van der Waals surface area contributed by atoms with Gasteiger partial charge >= 0.3 is 11.9 Å². The summed E-state index contributed by atoms with van der Waals surface area (Å²) in [7, 11) is 0. The molecule has 0 aromatic heterocycles. The summed E-state index contributed by atoms with van der Waals surface area (Å²) in [5, 5.41) is 2.59. The Morgan fingerprint density at radius 1 is 1.10 bits per heavy atom. The molecule has 0 bridgehead atoms. The number of nitrogens with zero attached hydrogens (tertiary/aromatic N) is 1.